The van der Waals surface area contributed by atoms with Crippen molar-refractivity contribution in [3.8, 4) is 34.5 Å². The molecule has 4 aliphatic rings. The van der Waals surface area contributed by atoms with Crippen molar-refractivity contribution in [1.29, 1.82) is 0 Å². The van der Waals surface area contributed by atoms with Gasteiger partial charge in [0, 0.05) is 25.0 Å². The van der Waals surface area contributed by atoms with Crippen LogP contribution >= 0.6 is 0 Å². The summed E-state index contributed by atoms with van der Waals surface area (Å²) >= 11 is 0. The van der Waals surface area contributed by atoms with Gasteiger partial charge in [0.25, 0.3) is 0 Å². The molecule has 5 N–H and O–H groups in total. The molecule has 0 radical (unpaired) electrons. The lowest BCUT2D eigenvalue weighted by atomic mass is 9.99. The first-order chi connectivity index (χ1) is 32.0. The van der Waals surface area contributed by atoms with E-state index in [2.05, 4.69) is 33.2 Å². The molecule has 7 bridgehead atoms. The minimum absolute atomic E-state index is 0.153. The Balaban J connectivity index is 1.61. The first-order valence-electron chi connectivity index (χ1n) is 20.1. The molecule has 23 nitrogen and oxygen atoms in total. The quantitative estimate of drug-likeness (QED) is 0.0692. The fourth-order valence-electron chi connectivity index (χ4n) is 7.05. The number of hydrogen-bond donors (Lipinski definition) is 5. The summed E-state index contributed by atoms with van der Waals surface area (Å²) in [6.45, 7) is 4.50. The highest BCUT2D eigenvalue weighted by Crippen LogP contribution is 2.47. The maximum atomic E-state index is 14.9. The lowest BCUT2D eigenvalue weighted by molar-refractivity contribution is -0.385. The predicted octanol–water partition coefficient (Wildman–Crippen LogP) is 3.68. The molecule has 5 atom stereocenters. The highest BCUT2D eigenvalue weighted by Gasteiger charge is 2.36. The average molecular weight is 926 g/mol. The lowest BCUT2D eigenvalue weighted by Crippen LogP contribution is -2.55. The molecule has 0 aromatic heterocycles. The molecule has 0 unspecified atom stereocenters. The number of carbonyl (C=O) groups excluding carboxylic acids is 6. The number of methoxy groups -OCH3 is 3. The number of nitrogens with zero attached hydrogens (tertiary/aromatic N) is 2. The third-order valence-corrected chi connectivity index (χ3v) is 10.4. The van der Waals surface area contributed by atoms with Crippen molar-refractivity contribution in [2.75, 3.05) is 27.9 Å². The van der Waals surface area contributed by atoms with Gasteiger partial charge in [-0.15, -0.1) is 0 Å². The van der Waals surface area contributed by atoms with Gasteiger partial charge in [0.15, 0.2) is 11.5 Å². The van der Waals surface area contributed by atoms with Crippen molar-refractivity contribution in [3.05, 3.63) is 128 Å². The van der Waals surface area contributed by atoms with E-state index in [0.29, 0.717) is 5.75 Å². The number of benzene rings is 4. The molecule has 4 heterocycles. The van der Waals surface area contributed by atoms with Gasteiger partial charge in [-0.05, 0) is 65.6 Å². The first-order valence-corrected chi connectivity index (χ1v) is 20.1. The summed E-state index contributed by atoms with van der Waals surface area (Å²) in [5, 5.41) is 37.8. The van der Waals surface area contributed by atoms with Gasteiger partial charge in [-0.1, -0.05) is 36.9 Å². The van der Waals surface area contributed by atoms with E-state index < -0.39 is 98.6 Å². The molecule has 8 rings (SSSR count). The van der Waals surface area contributed by atoms with Crippen molar-refractivity contribution < 1.29 is 67.0 Å². The van der Waals surface area contributed by atoms with E-state index in [9.17, 15) is 49.0 Å². The molecule has 4 aliphatic heterocycles. The number of ether oxygens (including phenoxy) is 6. The van der Waals surface area contributed by atoms with Gasteiger partial charge >= 0.3 is 23.4 Å². The molecule has 23 heteroatoms. The van der Waals surface area contributed by atoms with Crippen LogP contribution in [-0.2, 0) is 46.3 Å². The summed E-state index contributed by atoms with van der Waals surface area (Å²) in [6, 6.07) is 7.66. The molecule has 0 spiro atoms. The van der Waals surface area contributed by atoms with Crippen LogP contribution in [-0.4, -0.2) is 91.6 Å². The van der Waals surface area contributed by atoms with Gasteiger partial charge in [-0.25, -0.2) is 9.59 Å². The third kappa shape index (κ3) is 11.1. The first kappa shape index (κ1) is 47.7. The van der Waals surface area contributed by atoms with Gasteiger partial charge in [0.2, 0.25) is 40.9 Å². The number of alkyl carbamates (subject to hydrolysis) is 1. The number of nitrogens with one attached hydrogen (secondary N) is 5. The van der Waals surface area contributed by atoms with Crippen LogP contribution in [0.1, 0.15) is 41.3 Å². The molecule has 5 amide bonds. The zero-order chi connectivity index (χ0) is 48.5. The minimum atomic E-state index is -1.88. The third-order valence-electron chi connectivity index (χ3n) is 10.4. The van der Waals surface area contributed by atoms with Crippen molar-refractivity contribution in [2.45, 2.75) is 50.0 Å². The summed E-state index contributed by atoms with van der Waals surface area (Å²) in [5.41, 5.74) is -0.979. The number of rotatable bonds is 9. The smallest absolute Gasteiger partial charge is 0.408 e. The largest absolute Gasteiger partial charge is 0.497 e. The van der Waals surface area contributed by atoms with Crippen LogP contribution in [0.5, 0.6) is 34.5 Å². The maximum Gasteiger partial charge on any atom is 0.408 e. The van der Waals surface area contributed by atoms with E-state index in [-0.39, 0.29) is 59.0 Å². The summed E-state index contributed by atoms with van der Waals surface area (Å²) in [5.74, 6) is -6.37. The topological polar surface area (TPSA) is 304 Å². The fraction of sp³-hybridized carbons (Fsp3) is 0.273. The Bertz CT molecular complexity index is 2640. The summed E-state index contributed by atoms with van der Waals surface area (Å²) in [6.07, 6.45) is -0.481. The van der Waals surface area contributed by atoms with E-state index in [1.54, 1.807) is 0 Å². The monoisotopic (exact) mass is 925 g/mol. The fourth-order valence-corrected chi connectivity index (χ4v) is 7.05. The van der Waals surface area contributed by atoms with Gasteiger partial charge in [-0.2, -0.15) is 0 Å². The van der Waals surface area contributed by atoms with Crippen LogP contribution in [0.2, 0.25) is 0 Å². The highest BCUT2D eigenvalue weighted by molar-refractivity contribution is 5.97. The van der Waals surface area contributed by atoms with E-state index in [4.69, 9.17) is 28.4 Å². The molecule has 0 fully saturated rings. The Morgan fingerprint density at radius 3 is 1.81 bits per heavy atom. The zero-order valence-electron chi connectivity index (χ0n) is 36.1. The van der Waals surface area contributed by atoms with Crippen LogP contribution in [0.15, 0.2) is 85.5 Å². The number of nitro groups is 2. The van der Waals surface area contributed by atoms with Crippen molar-refractivity contribution >= 4 is 47.1 Å². The van der Waals surface area contributed by atoms with E-state index in [1.165, 1.54) is 87.9 Å². The van der Waals surface area contributed by atoms with E-state index in [0.717, 1.165) is 19.2 Å². The Kier molecular flexibility index (Phi) is 14.8. The lowest BCUT2D eigenvalue weighted by Gasteiger charge is -2.28. The molecular weight excluding hydrogens is 883 g/mol. The highest BCUT2D eigenvalue weighted by atomic mass is 16.6. The number of fused-ring (bicyclic) bond motifs is 16. The Labute approximate surface area is 380 Å². The van der Waals surface area contributed by atoms with Crippen LogP contribution in [0, 0.1) is 20.2 Å². The zero-order valence-corrected chi connectivity index (χ0v) is 36.1. The van der Waals surface area contributed by atoms with Crippen molar-refractivity contribution in [2.24, 2.45) is 0 Å². The van der Waals surface area contributed by atoms with E-state index in [1.807, 2.05) is 0 Å². The molecule has 4 aromatic rings. The van der Waals surface area contributed by atoms with Crippen LogP contribution in [0.3, 0.4) is 0 Å². The number of esters is 1. The van der Waals surface area contributed by atoms with Crippen LogP contribution in [0.25, 0.3) is 0 Å². The number of nitro benzene ring substituents is 2. The number of hydrogen-bond acceptors (Lipinski definition) is 16. The predicted molar refractivity (Wildman–Crippen MR) is 232 cm³/mol. The van der Waals surface area contributed by atoms with Crippen LogP contribution in [0.4, 0.5) is 16.2 Å². The van der Waals surface area contributed by atoms with Crippen molar-refractivity contribution in [3.63, 3.8) is 0 Å². The Morgan fingerprint density at radius 2 is 1.27 bits per heavy atom. The normalized spacial score (nSPS) is 19.5. The SMILES string of the molecule is C=CCOC(=O)N[C@@H]1Cc2ccc(c([N+](=O)[O-])c2)Oc2cc3cc(c2OC)Oc2ccc(cc2[N+](=O)[O-])C[C@@H](C(=O)OC)NC(=O)[C@@H](c2ccc(OC)cc2)NC(=O)[C@@H]3NC(=O)[C@H](C)NC1=O. The standard InChI is InChI=1S/C44H43N7O16/c1-6-15-65-44(57)47-28-16-23-7-13-32(30(18-23)50(58)59)66-34-20-26-21-35(38(34)63-4)67-33-14-8-24(19-31(33)51(60)61)17-29(43(56)64-5)46-41(54)36(25-9-11-27(62-3)12-10-25)49-42(55)37(26)48-39(52)22(2)45-40(28)53/h6-14,18-22,28-29,36-37H,1,15-17H2,2-5H3,(H,45,53)(H,46,54)(H,47,57)(H,48,52)(H,49,55)/t22-,28+,29-,36+,37+/m0/s1. The summed E-state index contributed by atoms with van der Waals surface area (Å²) in [7, 11) is 3.65. The van der Waals surface area contributed by atoms with Gasteiger partial charge in [0.1, 0.15) is 42.6 Å². The molecule has 0 saturated carbocycles. The number of carbonyl (C=O) groups is 6. The average Bonchev–Trinajstić information content (AvgIpc) is 3.30. The van der Waals surface area contributed by atoms with Gasteiger partial charge in [-0.3, -0.25) is 39.4 Å². The minimum Gasteiger partial charge on any atom is -0.497 e. The molecule has 0 saturated heterocycles. The maximum absolute atomic E-state index is 14.9. The molecule has 4 aromatic carbocycles. The van der Waals surface area contributed by atoms with Crippen molar-refractivity contribution in [1.82, 2.24) is 26.6 Å². The van der Waals surface area contributed by atoms with E-state index >= 15 is 0 Å². The second kappa shape index (κ2) is 20.8. The molecule has 0 aliphatic carbocycles. The molecular formula is C44H43N7O16. The van der Waals surface area contributed by atoms with Gasteiger partial charge in [0.05, 0.1) is 31.2 Å². The summed E-state index contributed by atoms with van der Waals surface area (Å²) < 4.78 is 33.2. The van der Waals surface area contributed by atoms with Gasteiger partial charge < -0.3 is 55.0 Å². The molecule has 350 valence electrons. The second-order valence-electron chi connectivity index (χ2n) is 14.8. The Morgan fingerprint density at radius 1 is 0.716 bits per heavy atom. The van der Waals surface area contributed by atoms with Crippen LogP contribution < -0.4 is 45.5 Å². The number of amides is 5. The Hall–Kier alpha value is -8.76. The summed E-state index contributed by atoms with van der Waals surface area (Å²) in [4.78, 5) is 107. The second-order valence-corrected chi connectivity index (χ2v) is 14.8. The molecule has 67 heavy (non-hydrogen) atoms.